The van der Waals surface area contributed by atoms with E-state index in [0.717, 1.165) is 31.2 Å². The van der Waals surface area contributed by atoms with Gasteiger partial charge in [-0.05, 0) is 55.3 Å². The third kappa shape index (κ3) is 5.10. The zero-order chi connectivity index (χ0) is 26.8. The van der Waals surface area contributed by atoms with E-state index in [2.05, 4.69) is 5.32 Å². The molecule has 5 aromatic rings. The molecule has 7 nitrogen and oxygen atoms in total. The predicted octanol–water partition coefficient (Wildman–Crippen LogP) is 7.58. The fourth-order valence-corrected chi connectivity index (χ4v) is 6.97. The Balaban J connectivity index is 1.37. The highest BCUT2D eigenvalue weighted by atomic mass is 32.1. The van der Waals surface area contributed by atoms with Crippen molar-refractivity contribution >= 4 is 49.9 Å². The van der Waals surface area contributed by atoms with Gasteiger partial charge in [-0.15, -0.1) is 22.7 Å². The number of rotatable bonds is 6. The number of fused-ring (bicyclic) bond motifs is 2. The lowest BCUT2D eigenvalue weighted by molar-refractivity contribution is 0.102. The molecule has 1 N–H and O–H groups in total. The Labute approximate surface area is 233 Å². The fraction of sp³-hybridized carbons (Fsp3) is 0.167. The summed E-state index contributed by atoms with van der Waals surface area (Å²) >= 11 is 3.08. The molecule has 6 rings (SSSR count). The van der Waals surface area contributed by atoms with Gasteiger partial charge in [0, 0.05) is 17.0 Å². The summed E-state index contributed by atoms with van der Waals surface area (Å²) in [5.41, 5.74) is 3.38. The Kier molecular flexibility index (Phi) is 7.00. The summed E-state index contributed by atoms with van der Waals surface area (Å²) in [6.45, 7) is 3.11. The lowest BCUT2D eigenvalue weighted by Crippen LogP contribution is -2.35. The normalized spacial score (nSPS) is 12.7. The standard InChI is InChI=1S/C30H25N3O4S2/c1-2-36-30(35)33-17-16-21-25(18-33)39-29(26(21)28-31-22-13-7-9-15-24(22)38-28)32-27(34)20-12-6-8-14-23(20)37-19-10-4-3-5-11-19/h3-15H,2,16-18H2,1H3,(H,32,34). The van der Waals surface area contributed by atoms with Crippen molar-refractivity contribution < 1.29 is 19.1 Å². The summed E-state index contributed by atoms with van der Waals surface area (Å²) in [5.74, 6) is 0.848. The summed E-state index contributed by atoms with van der Waals surface area (Å²) in [4.78, 5) is 33.8. The molecule has 196 valence electrons. The summed E-state index contributed by atoms with van der Waals surface area (Å²) in [5, 5.41) is 4.72. The van der Waals surface area contributed by atoms with E-state index in [1.807, 2.05) is 66.7 Å². The monoisotopic (exact) mass is 555 g/mol. The van der Waals surface area contributed by atoms with E-state index in [-0.39, 0.29) is 12.0 Å². The molecular weight excluding hydrogens is 530 g/mol. The number of carbonyl (C=O) groups is 2. The Morgan fingerprint density at radius 2 is 1.74 bits per heavy atom. The van der Waals surface area contributed by atoms with E-state index in [0.29, 0.717) is 48.2 Å². The van der Waals surface area contributed by atoms with Crippen molar-refractivity contribution in [1.29, 1.82) is 0 Å². The van der Waals surface area contributed by atoms with Gasteiger partial charge in [0.2, 0.25) is 0 Å². The maximum Gasteiger partial charge on any atom is 0.410 e. The summed E-state index contributed by atoms with van der Waals surface area (Å²) < 4.78 is 12.4. The molecule has 0 spiro atoms. The number of aromatic nitrogens is 1. The molecular formula is C30H25N3O4S2. The number of amides is 2. The molecule has 0 atom stereocenters. The van der Waals surface area contributed by atoms with Gasteiger partial charge in [0.05, 0.1) is 28.9 Å². The number of hydrogen-bond acceptors (Lipinski definition) is 7. The second kappa shape index (κ2) is 10.9. The number of para-hydroxylation sites is 3. The maximum atomic E-state index is 13.7. The highest BCUT2D eigenvalue weighted by Gasteiger charge is 2.30. The van der Waals surface area contributed by atoms with E-state index in [9.17, 15) is 9.59 Å². The molecule has 2 aromatic heterocycles. The summed E-state index contributed by atoms with van der Waals surface area (Å²) in [6, 6.07) is 24.6. The largest absolute Gasteiger partial charge is 0.457 e. The second-order valence-electron chi connectivity index (χ2n) is 8.93. The van der Waals surface area contributed by atoms with E-state index >= 15 is 0 Å². The van der Waals surface area contributed by atoms with Crippen LogP contribution in [0.2, 0.25) is 0 Å². The van der Waals surface area contributed by atoms with Crippen LogP contribution in [0.15, 0.2) is 78.9 Å². The third-order valence-electron chi connectivity index (χ3n) is 6.42. The lowest BCUT2D eigenvalue weighted by Gasteiger charge is -2.26. The zero-order valence-electron chi connectivity index (χ0n) is 21.2. The van der Waals surface area contributed by atoms with Gasteiger partial charge in [-0.25, -0.2) is 9.78 Å². The van der Waals surface area contributed by atoms with Crippen molar-refractivity contribution in [2.45, 2.75) is 19.9 Å². The number of thiazole rings is 1. The van der Waals surface area contributed by atoms with E-state index in [1.165, 1.54) is 11.3 Å². The van der Waals surface area contributed by atoms with Gasteiger partial charge >= 0.3 is 6.09 Å². The highest BCUT2D eigenvalue weighted by molar-refractivity contribution is 7.23. The summed E-state index contributed by atoms with van der Waals surface area (Å²) in [6.07, 6.45) is 0.329. The second-order valence-corrected chi connectivity index (χ2v) is 11.1. The number of anilines is 1. The van der Waals surface area contributed by atoms with Crippen LogP contribution in [0.3, 0.4) is 0 Å². The lowest BCUT2D eigenvalue weighted by atomic mass is 10.0. The number of hydrogen-bond donors (Lipinski definition) is 1. The smallest absolute Gasteiger partial charge is 0.410 e. The number of thiophene rings is 1. The van der Waals surface area contributed by atoms with Gasteiger partial charge in [-0.3, -0.25) is 4.79 Å². The molecule has 3 aromatic carbocycles. The van der Waals surface area contributed by atoms with E-state index in [1.54, 1.807) is 35.3 Å². The number of ether oxygens (including phenoxy) is 2. The minimum atomic E-state index is -0.323. The van der Waals surface area contributed by atoms with Gasteiger partial charge in [0.25, 0.3) is 5.91 Å². The first kappa shape index (κ1) is 25.1. The van der Waals surface area contributed by atoms with Crippen molar-refractivity contribution in [2.75, 3.05) is 18.5 Å². The first-order valence-electron chi connectivity index (χ1n) is 12.7. The SMILES string of the molecule is CCOC(=O)N1CCc2c(sc(NC(=O)c3ccccc3Oc3ccccc3)c2-c2nc3ccccc3s2)C1. The van der Waals surface area contributed by atoms with Crippen molar-refractivity contribution in [1.82, 2.24) is 9.88 Å². The van der Waals surface area contributed by atoms with Crippen molar-refractivity contribution in [3.8, 4) is 22.1 Å². The zero-order valence-corrected chi connectivity index (χ0v) is 22.8. The molecule has 0 radical (unpaired) electrons. The van der Waals surface area contributed by atoms with Gasteiger partial charge in [0.1, 0.15) is 21.5 Å². The van der Waals surface area contributed by atoms with Crippen LogP contribution in [0, 0.1) is 0 Å². The van der Waals surface area contributed by atoms with Gasteiger partial charge < -0.3 is 19.7 Å². The van der Waals surface area contributed by atoms with Crippen LogP contribution in [-0.4, -0.2) is 35.0 Å². The van der Waals surface area contributed by atoms with E-state index in [4.69, 9.17) is 14.5 Å². The molecule has 0 saturated heterocycles. The molecule has 1 aliphatic heterocycles. The molecule has 39 heavy (non-hydrogen) atoms. The van der Waals surface area contributed by atoms with Crippen LogP contribution in [-0.2, 0) is 17.7 Å². The molecule has 1 aliphatic rings. The Hall–Kier alpha value is -4.21. The van der Waals surface area contributed by atoms with Crippen LogP contribution < -0.4 is 10.1 Å². The van der Waals surface area contributed by atoms with Crippen LogP contribution >= 0.6 is 22.7 Å². The highest BCUT2D eigenvalue weighted by Crippen LogP contribution is 2.46. The molecule has 0 aliphatic carbocycles. The van der Waals surface area contributed by atoms with E-state index < -0.39 is 0 Å². The molecule has 2 amide bonds. The Morgan fingerprint density at radius 3 is 2.56 bits per heavy atom. The van der Waals surface area contributed by atoms with Crippen molar-refractivity contribution in [2.24, 2.45) is 0 Å². The molecule has 0 unspecified atom stereocenters. The minimum absolute atomic E-state index is 0.273. The predicted molar refractivity (Wildman–Crippen MR) is 155 cm³/mol. The summed E-state index contributed by atoms with van der Waals surface area (Å²) in [7, 11) is 0. The number of nitrogens with zero attached hydrogens (tertiary/aromatic N) is 2. The molecule has 0 saturated carbocycles. The molecule has 0 fully saturated rings. The molecule has 0 bridgehead atoms. The number of benzene rings is 3. The fourth-order valence-electron chi connectivity index (χ4n) is 4.60. The van der Waals surface area contributed by atoms with Crippen molar-refractivity contribution in [3.05, 3.63) is 94.9 Å². The number of carbonyl (C=O) groups excluding carboxylic acids is 2. The Morgan fingerprint density at radius 1 is 0.974 bits per heavy atom. The first-order chi connectivity index (χ1) is 19.1. The van der Waals surface area contributed by atoms with Crippen LogP contribution in [0.5, 0.6) is 11.5 Å². The van der Waals surface area contributed by atoms with Gasteiger partial charge in [-0.1, -0.05) is 42.5 Å². The minimum Gasteiger partial charge on any atom is -0.457 e. The van der Waals surface area contributed by atoms with Gasteiger partial charge in [0.15, 0.2) is 0 Å². The third-order valence-corrected chi connectivity index (χ3v) is 8.61. The quantitative estimate of drug-likeness (QED) is 0.234. The average Bonchev–Trinajstić information content (AvgIpc) is 3.54. The van der Waals surface area contributed by atoms with Crippen molar-refractivity contribution in [3.63, 3.8) is 0 Å². The molecule has 9 heteroatoms. The topological polar surface area (TPSA) is 80.8 Å². The van der Waals surface area contributed by atoms with Crippen LogP contribution in [0.4, 0.5) is 9.80 Å². The van der Waals surface area contributed by atoms with Crippen LogP contribution in [0.1, 0.15) is 27.7 Å². The number of nitrogens with one attached hydrogen (secondary N) is 1. The maximum absolute atomic E-state index is 13.7. The van der Waals surface area contributed by atoms with Gasteiger partial charge in [-0.2, -0.15) is 0 Å². The Bertz CT molecular complexity index is 1630. The molecule has 3 heterocycles. The van der Waals surface area contributed by atoms with Crippen LogP contribution in [0.25, 0.3) is 20.8 Å². The average molecular weight is 556 g/mol. The first-order valence-corrected chi connectivity index (χ1v) is 14.3.